The van der Waals surface area contributed by atoms with Crippen LogP contribution in [0.15, 0.2) is 35.4 Å². The largest absolute Gasteiger partial charge is 0.368 e. The van der Waals surface area contributed by atoms with Crippen molar-refractivity contribution in [1.82, 2.24) is 4.98 Å². The van der Waals surface area contributed by atoms with Crippen LogP contribution in [0.25, 0.3) is 0 Å². The summed E-state index contributed by atoms with van der Waals surface area (Å²) >= 11 is 3.80. The number of benzene rings is 1. The van der Waals surface area contributed by atoms with Gasteiger partial charge in [0.25, 0.3) is 0 Å². The van der Waals surface area contributed by atoms with Crippen molar-refractivity contribution in [2.75, 3.05) is 5.32 Å². The van der Waals surface area contributed by atoms with Gasteiger partial charge in [-0.25, -0.2) is 4.39 Å². The van der Waals surface area contributed by atoms with E-state index in [1.807, 2.05) is 19.1 Å². The minimum absolute atomic E-state index is 0.0731. The summed E-state index contributed by atoms with van der Waals surface area (Å²) in [5, 5.41) is 3.28. The summed E-state index contributed by atoms with van der Waals surface area (Å²) in [5.74, 6) is -0.162. The number of nitrogens with zero attached hydrogens (tertiary/aromatic N) is 1. The monoisotopic (exact) mass is 372 g/mol. The summed E-state index contributed by atoms with van der Waals surface area (Å²) in [6.45, 7) is 1.97. The molecule has 1 aromatic heterocycles. The first-order valence-electron chi connectivity index (χ1n) is 5.49. The highest BCUT2D eigenvalue weighted by Crippen LogP contribution is 2.48. The molecule has 1 atom stereocenters. The highest BCUT2D eigenvalue weighted by Gasteiger charge is 2.28. The Hall–Kier alpha value is -0.820. The zero-order chi connectivity index (χ0) is 12.7. The molecule has 2 aromatic rings. The fraction of sp³-hybridized carbons (Fsp3) is 0.154. The molecule has 1 aliphatic heterocycles. The fourth-order valence-electron chi connectivity index (χ4n) is 2.00. The molecule has 0 saturated carbocycles. The number of halogens is 2. The molecule has 2 heterocycles. The van der Waals surface area contributed by atoms with Gasteiger partial charge in [0.1, 0.15) is 11.2 Å². The Kier molecular flexibility index (Phi) is 3.19. The van der Waals surface area contributed by atoms with E-state index < -0.39 is 0 Å². The number of hydrogen-bond donors (Lipinski definition) is 1. The van der Waals surface area contributed by atoms with Gasteiger partial charge >= 0.3 is 0 Å². The van der Waals surface area contributed by atoms with E-state index in [4.69, 9.17) is 0 Å². The maximum Gasteiger partial charge on any atom is 0.130 e. The molecule has 5 heteroatoms. The lowest BCUT2D eigenvalue weighted by atomic mass is 10.2. The second-order valence-electron chi connectivity index (χ2n) is 4.05. The molecule has 1 unspecified atom stereocenters. The predicted molar refractivity (Wildman–Crippen MR) is 80.3 cm³/mol. The summed E-state index contributed by atoms with van der Waals surface area (Å²) < 4.78 is 14.9. The number of anilines is 1. The van der Waals surface area contributed by atoms with Crippen molar-refractivity contribution in [2.24, 2.45) is 0 Å². The third-order valence-electron chi connectivity index (χ3n) is 2.87. The maximum atomic E-state index is 14.0. The van der Waals surface area contributed by atoms with E-state index in [0.717, 1.165) is 25.4 Å². The van der Waals surface area contributed by atoms with Gasteiger partial charge in [-0.3, -0.25) is 4.98 Å². The number of fused-ring (bicyclic) bond motifs is 1. The Morgan fingerprint density at radius 2 is 2.22 bits per heavy atom. The summed E-state index contributed by atoms with van der Waals surface area (Å²) in [7, 11) is 0. The molecule has 1 aliphatic rings. The van der Waals surface area contributed by atoms with Gasteiger partial charge in [0.2, 0.25) is 0 Å². The van der Waals surface area contributed by atoms with Gasteiger partial charge in [0, 0.05) is 15.3 Å². The average Bonchev–Trinajstić information content (AvgIpc) is 2.74. The molecule has 0 aliphatic carbocycles. The topological polar surface area (TPSA) is 24.9 Å². The van der Waals surface area contributed by atoms with Crippen LogP contribution in [-0.2, 0) is 0 Å². The molecule has 18 heavy (non-hydrogen) atoms. The van der Waals surface area contributed by atoms with Crippen LogP contribution in [0, 0.1) is 16.3 Å². The van der Waals surface area contributed by atoms with E-state index in [-0.39, 0.29) is 11.2 Å². The predicted octanol–water partition coefficient (Wildman–Crippen LogP) is 4.35. The van der Waals surface area contributed by atoms with Crippen LogP contribution in [0.1, 0.15) is 16.6 Å². The van der Waals surface area contributed by atoms with Crippen molar-refractivity contribution < 1.29 is 4.39 Å². The highest BCUT2D eigenvalue weighted by molar-refractivity contribution is 14.1. The van der Waals surface area contributed by atoms with E-state index in [9.17, 15) is 4.39 Å². The normalized spacial score (nSPS) is 17.4. The molecule has 0 spiro atoms. The lowest BCUT2D eigenvalue weighted by molar-refractivity contribution is 0.610. The molecule has 92 valence electrons. The third kappa shape index (κ3) is 1.99. The number of thioether (sulfide) groups is 1. The minimum atomic E-state index is -0.162. The molecule has 1 N–H and O–H groups in total. The van der Waals surface area contributed by atoms with Gasteiger partial charge in [0.15, 0.2) is 0 Å². The summed E-state index contributed by atoms with van der Waals surface area (Å²) in [6, 6.07) is 7.10. The van der Waals surface area contributed by atoms with E-state index in [2.05, 4.69) is 32.9 Å². The van der Waals surface area contributed by atoms with Crippen molar-refractivity contribution in [2.45, 2.75) is 17.2 Å². The number of aromatic nitrogens is 1. The Morgan fingerprint density at radius 3 is 2.94 bits per heavy atom. The Bertz CT molecular complexity index is 598. The molecule has 3 rings (SSSR count). The number of rotatable bonds is 1. The molecular weight excluding hydrogens is 362 g/mol. The van der Waals surface area contributed by atoms with Gasteiger partial charge in [-0.2, -0.15) is 0 Å². The summed E-state index contributed by atoms with van der Waals surface area (Å²) in [4.78, 5) is 5.38. The van der Waals surface area contributed by atoms with Gasteiger partial charge < -0.3 is 5.32 Å². The first-order valence-corrected chi connectivity index (χ1v) is 7.45. The van der Waals surface area contributed by atoms with Gasteiger partial charge in [0.05, 0.1) is 16.3 Å². The van der Waals surface area contributed by atoms with E-state index in [1.165, 1.54) is 6.07 Å². The highest BCUT2D eigenvalue weighted by atomic mass is 127. The Morgan fingerprint density at radius 1 is 1.39 bits per heavy atom. The third-order valence-corrected chi connectivity index (χ3v) is 5.15. The van der Waals surface area contributed by atoms with Gasteiger partial charge in [-0.15, -0.1) is 0 Å². The van der Waals surface area contributed by atoms with Crippen LogP contribution in [0.2, 0.25) is 0 Å². The second-order valence-corrected chi connectivity index (χ2v) is 6.33. The molecule has 2 nitrogen and oxygen atoms in total. The molecule has 0 saturated heterocycles. The van der Waals surface area contributed by atoms with Crippen molar-refractivity contribution >= 4 is 40.0 Å². The number of pyridine rings is 1. The molecule has 0 bridgehead atoms. The van der Waals surface area contributed by atoms with E-state index >= 15 is 0 Å². The second kappa shape index (κ2) is 4.70. The van der Waals surface area contributed by atoms with E-state index in [0.29, 0.717) is 0 Å². The molecular formula is C13H10FIN2S. The molecule has 0 fully saturated rings. The fourth-order valence-corrected chi connectivity index (χ4v) is 4.24. The Labute approximate surface area is 123 Å². The van der Waals surface area contributed by atoms with Crippen molar-refractivity contribution in [1.29, 1.82) is 0 Å². The van der Waals surface area contributed by atoms with E-state index in [1.54, 1.807) is 24.0 Å². The van der Waals surface area contributed by atoms with Gasteiger partial charge in [-0.05, 0) is 47.7 Å². The summed E-state index contributed by atoms with van der Waals surface area (Å²) in [6.07, 6.45) is 1.77. The van der Waals surface area contributed by atoms with Gasteiger partial charge in [-0.1, -0.05) is 17.8 Å². The maximum absolute atomic E-state index is 14.0. The van der Waals surface area contributed by atoms with Crippen LogP contribution in [0.4, 0.5) is 10.1 Å². The molecule has 0 radical (unpaired) electrons. The summed E-state index contributed by atoms with van der Waals surface area (Å²) in [5.41, 5.74) is 2.74. The number of nitrogens with one attached hydrogen (secondary N) is 1. The van der Waals surface area contributed by atoms with Crippen LogP contribution in [0.5, 0.6) is 0 Å². The number of hydrogen-bond acceptors (Lipinski definition) is 3. The zero-order valence-electron chi connectivity index (χ0n) is 9.58. The quantitative estimate of drug-likeness (QED) is 0.754. The zero-order valence-corrected chi connectivity index (χ0v) is 12.5. The molecule has 0 amide bonds. The average molecular weight is 372 g/mol. The van der Waals surface area contributed by atoms with Crippen molar-refractivity contribution in [3.05, 3.63) is 51.1 Å². The lowest BCUT2D eigenvalue weighted by Crippen LogP contribution is -2.06. The lowest BCUT2D eigenvalue weighted by Gasteiger charge is -2.13. The van der Waals surface area contributed by atoms with Crippen molar-refractivity contribution in [3.8, 4) is 0 Å². The van der Waals surface area contributed by atoms with Crippen LogP contribution in [0.3, 0.4) is 0 Å². The van der Waals surface area contributed by atoms with Crippen LogP contribution >= 0.6 is 34.4 Å². The van der Waals surface area contributed by atoms with Crippen LogP contribution < -0.4 is 5.32 Å². The minimum Gasteiger partial charge on any atom is -0.368 e. The Balaban J connectivity index is 2.02. The first-order chi connectivity index (χ1) is 8.66. The first kappa shape index (κ1) is 12.2. The van der Waals surface area contributed by atoms with Crippen LogP contribution in [-0.4, -0.2) is 4.98 Å². The SMILES string of the molecule is Cc1nccc2c1SC(c1c(F)cccc1I)N2. The smallest absolute Gasteiger partial charge is 0.130 e. The molecule has 1 aromatic carbocycles. The van der Waals surface area contributed by atoms with Crippen molar-refractivity contribution in [3.63, 3.8) is 0 Å². The number of aryl methyl sites for hydroxylation is 1. The standard InChI is InChI=1S/C13H10FIN2S/c1-7-12-10(5-6-16-7)17-13(18-12)11-8(14)3-2-4-9(11)15/h2-6,13,17H,1H3.